The van der Waals surface area contributed by atoms with E-state index in [9.17, 15) is 14.7 Å². The van der Waals surface area contributed by atoms with Crippen LogP contribution in [0.15, 0.2) is 24.3 Å². The summed E-state index contributed by atoms with van der Waals surface area (Å²) in [4.78, 5) is 21.1. The zero-order chi connectivity index (χ0) is 9.84. The van der Waals surface area contributed by atoms with Crippen LogP contribution in [0.2, 0.25) is 0 Å². The van der Waals surface area contributed by atoms with E-state index in [1.807, 2.05) is 0 Å². The van der Waals surface area contributed by atoms with Crippen molar-refractivity contribution >= 4 is 11.8 Å². The van der Waals surface area contributed by atoms with Gasteiger partial charge in [0.05, 0.1) is 0 Å². The fraction of sp³-hybridized carbons (Fsp3) is 0.200. The second kappa shape index (κ2) is 5.96. The number of rotatable bonds is 3. The summed E-state index contributed by atoms with van der Waals surface area (Å²) in [7, 11) is 0. The quantitative estimate of drug-likeness (QED) is 0.391. The van der Waals surface area contributed by atoms with Gasteiger partial charge in [-0.2, -0.15) is 0 Å². The third-order valence-corrected chi connectivity index (χ3v) is 1.71. The molecule has 0 spiro atoms. The molecule has 4 heteroatoms. The van der Waals surface area contributed by atoms with Crippen molar-refractivity contribution in [3.63, 3.8) is 0 Å². The van der Waals surface area contributed by atoms with Gasteiger partial charge in [0.15, 0.2) is 5.78 Å². The first-order valence-corrected chi connectivity index (χ1v) is 3.89. The molecule has 14 heavy (non-hydrogen) atoms. The summed E-state index contributed by atoms with van der Waals surface area (Å²) in [5, 5.41) is 10.2. The molecule has 0 unspecified atom stereocenters. The maximum absolute atomic E-state index is 10.9. The molecular formula is C10H9NaO3. The van der Waals surface area contributed by atoms with Gasteiger partial charge in [-0.1, -0.05) is 24.3 Å². The van der Waals surface area contributed by atoms with E-state index in [1.54, 1.807) is 24.3 Å². The first-order chi connectivity index (χ1) is 6.09. The summed E-state index contributed by atoms with van der Waals surface area (Å²) < 4.78 is 0. The third kappa shape index (κ3) is 4.05. The molecule has 3 nitrogen and oxygen atoms in total. The van der Waals surface area contributed by atoms with Crippen LogP contribution in [-0.4, -0.2) is 11.8 Å². The second-order valence-corrected chi connectivity index (χ2v) is 2.80. The fourth-order valence-electron chi connectivity index (χ4n) is 1.02. The number of carbonyl (C=O) groups excluding carboxylic acids is 2. The summed E-state index contributed by atoms with van der Waals surface area (Å²) in [5.41, 5.74) is 1.23. The van der Waals surface area contributed by atoms with E-state index in [0.29, 0.717) is 11.1 Å². The minimum atomic E-state index is -1.12. The number of Topliss-reactive ketones (excluding diaryl/α,β-unsaturated/α-hetero) is 1. The molecule has 0 saturated carbocycles. The zero-order valence-corrected chi connectivity index (χ0v) is 10.2. The van der Waals surface area contributed by atoms with Gasteiger partial charge in [0.2, 0.25) is 0 Å². The average Bonchev–Trinajstić information content (AvgIpc) is 2.04. The number of carboxylic acid groups (broad SMARTS) is 1. The Morgan fingerprint density at radius 2 is 1.71 bits per heavy atom. The topological polar surface area (TPSA) is 57.2 Å². The molecule has 1 rings (SSSR count). The molecule has 0 atom stereocenters. The van der Waals surface area contributed by atoms with Crippen LogP contribution >= 0.6 is 0 Å². The van der Waals surface area contributed by atoms with E-state index < -0.39 is 5.97 Å². The van der Waals surface area contributed by atoms with Crippen molar-refractivity contribution in [2.24, 2.45) is 0 Å². The maximum Gasteiger partial charge on any atom is 1.00 e. The smallest absolute Gasteiger partial charge is 0.550 e. The van der Waals surface area contributed by atoms with Gasteiger partial charge in [-0.15, -0.1) is 0 Å². The summed E-state index contributed by atoms with van der Waals surface area (Å²) in [6.45, 7) is 1.47. The fourth-order valence-corrected chi connectivity index (χ4v) is 1.02. The van der Waals surface area contributed by atoms with Crippen molar-refractivity contribution in [3.8, 4) is 0 Å². The summed E-state index contributed by atoms with van der Waals surface area (Å²) >= 11 is 0. The third-order valence-electron chi connectivity index (χ3n) is 1.71. The molecule has 1 aromatic carbocycles. The molecule has 0 aliphatic rings. The number of hydrogen-bond acceptors (Lipinski definition) is 3. The van der Waals surface area contributed by atoms with Crippen LogP contribution in [-0.2, 0) is 11.2 Å². The number of carbonyl (C=O) groups is 2. The van der Waals surface area contributed by atoms with E-state index in [-0.39, 0.29) is 41.8 Å². The van der Waals surface area contributed by atoms with Crippen molar-refractivity contribution in [2.45, 2.75) is 13.3 Å². The molecule has 0 amide bonds. The van der Waals surface area contributed by atoms with Crippen LogP contribution in [0.1, 0.15) is 22.8 Å². The standard InChI is InChI=1S/C10H10O3.Na/c1-7(11)9-4-2-8(3-5-9)6-10(12)13;/h2-5H,6H2,1H3,(H,12,13);/q;+1/p-1. The van der Waals surface area contributed by atoms with Gasteiger partial charge in [-0.05, 0) is 12.5 Å². The molecule has 1 aromatic rings. The van der Waals surface area contributed by atoms with Crippen LogP contribution in [0.25, 0.3) is 0 Å². The van der Waals surface area contributed by atoms with E-state index in [1.165, 1.54) is 6.92 Å². The first kappa shape index (κ1) is 13.4. The van der Waals surface area contributed by atoms with E-state index >= 15 is 0 Å². The van der Waals surface area contributed by atoms with Gasteiger partial charge in [-0.25, -0.2) is 0 Å². The first-order valence-electron chi connectivity index (χ1n) is 3.89. The van der Waals surface area contributed by atoms with Crippen molar-refractivity contribution in [3.05, 3.63) is 35.4 Å². The Morgan fingerprint density at radius 3 is 2.07 bits per heavy atom. The molecule has 68 valence electrons. The number of carboxylic acids is 1. The zero-order valence-electron chi connectivity index (χ0n) is 8.24. The van der Waals surface area contributed by atoms with Gasteiger partial charge >= 0.3 is 29.6 Å². The Hall–Kier alpha value is -0.640. The maximum atomic E-state index is 10.9. The van der Waals surface area contributed by atoms with Crippen LogP contribution in [0.3, 0.4) is 0 Å². The predicted molar refractivity (Wildman–Crippen MR) is 45.2 cm³/mol. The number of ketones is 1. The minimum Gasteiger partial charge on any atom is -0.550 e. The summed E-state index contributed by atoms with van der Waals surface area (Å²) in [5.74, 6) is -1.14. The number of benzene rings is 1. The van der Waals surface area contributed by atoms with Gasteiger partial charge in [-0.3, -0.25) is 4.79 Å². The second-order valence-electron chi connectivity index (χ2n) is 2.80. The molecule has 0 aromatic heterocycles. The molecule has 0 N–H and O–H groups in total. The van der Waals surface area contributed by atoms with Crippen LogP contribution in [0.5, 0.6) is 0 Å². The number of hydrogen-bond donors (Lipinski definition) is 0. The minimum absolute atomic E-state index is 0. The molecule has 0 bridgehead atoms. The molecule has 0 heterocycles. The van der Waals surface area contributed by atoms with Crippen LogP contribution in [0.4, 0.5) is 0 Å². The Bertz CT molecular complexity index is 330. The molecular weight excluding hydrogens is 191 g/mol. The Balaban J connectivity index is 0.00000169. The van der Waals surface area contributed by atoms with Crippen LogP contribution in [0, 0.1) is 0 Å². The van der Waals surface area contributed by atoms with Crippen LogP contribution < -0.4 is 34.7 Å². The average molecular weight is 200 g/mol. The normalized spacial score (nSPS) is 8.93. The number of aliphatic carboxylic acids is 1. The molecule has 0 saturated heterocycles. The Kier molecular flexibility index (Phi) is 5.69. The SMILES string of the molecule is CC(=O)c1ccc(CC(=O)[O-])cc1.[Na+]. The van der Waals surface area contributed by atoms with E-state index in [0.717, 1.165) is 0 Å². The monoisotopic (exact) mass is 200 g/mol. The largest absolute Gasteiger partial charge is 1.00 e. The van der Waals surface area contributed by atoms with E-state index in [4.69, 9.17) is 0 Å². The Labute approximate surface area is 104 Å². The molecule has 0 radical (unpaired) electrons. The molecule has 0 aliphatic carbocycles. The van der Waals surface area contributed by atoms with E-state index in [2.05, 4.69) is 0 Å². The summed E-state index contributed by atoms with van der Waals surface area (Å²) in [6, 6.07) is 6.46. The van der Waals surface area contributed by atoms with Gasteiger partial charge in [0, 0.05) is 18.0 Å². The van der Waals surface area contributed by atoms with Crippen molar-refractivity contribution in [2.75, 3.05) is 0 Å². The molecule has 0 fully saturated rings. The van der Waals surface area contributed by atoms with Crippen molar-refractivity contribution in [1.82, 2.24) is 0 Å². The van der Waals surface area contributed by atoms with Gasteiger partial charge in [0.1, 0.15) is 0 Å². The summed E-state index contributed by atoms with van der Waals surface area (Å²) in [6.07, 6.45) is -0.113. The Morgan fingerprint density at radius 1 is 1.21 bits per heavy atom. The molecule has 0 aliphatic heterocycles. The van der Waals surface area contributed by atoms with Crippen molar-refractivity contribution in [1.29, 1.82) is 0 Å². The van der Waals surface area contributed by atoms with Gasteiger partial charge < -0.3 is 9.90 Å². The van der Waals surface area contributed by atoms with Crippen molar-refractivity contribution < 1.29 is 44.3 Å². The van der Waals surface area contributed by atoms with Gasteiger partial charge in [0.25, 0.3) is 0 Å². The predicted octanol–water partition coefficient (Wildman–Crippen LogP) is -2.81.